The van der Waals surface area contributed by atoms with Crippen LogP contribution in [0.4, 0.5) is 19.2 Å². The van der Waals surface area contributed by atoms with E-state index in [0.29, 0.717) is 90.9 Å². The lowest BCUT2D eigenvalue weighted by Crippen LogP contribution is -2.54. The largest absolute Gasteiger partial charge is 0.497 e. The highest BCUT2D eigenvalue weighted by molar-refractivity contribution is 7.16. The molecule has 0 spiro atoms. The van der Waals surface area contributed by atoms with Gasteiger partial charge in [0.25, 0.3) is 47.3 Å². The second kappa shape index (κ2) is 33.3. The lowest BCUT2D eigenvalue weighted by Gasteiger charge is -2.26. The average molecular weight is 1730 g/mol. The van der Waals surface area contributed by atoms with Crippen molar-refractivity contribution in [2.24, 2.45) is 7.05 Å². The van der Waals surface area contributed by atoms with Crippen LogP contribution in [-0.4, -0.2) is 192 Å². The molecule has 12 heterocycles. The van der Waals surface area contributed by atoms with Crippen molar-refractivity contribution in [3.63, 3.8) is 0 Å². The molecule has 11 aromatic rings. The summed E-state index contributed by atoms with van der Waals surface area (Å²) in [7, 11) is 7.91. The van der Waals surface area contributed by atoms with Crippen LogP contribution < -0.4 is 71.2 Å². The van der Waals surface area contributed by atoms with Crippen LogP contribution >= 0.6 is 22.7 Å². The zero-order valence-corrected chi connectivity index (χ0v) is 68.6. The zero-order valence-electron chi connectivity index (χ0n) is 66.9. The van der Waals surface area contributed by atoms with E-state index in [1.54, 1.807) is 114 Å². The van der Waals surface area contributed by atoms with Gasteiger partial charge in [-0.25, -0.2) is 24.2 Å². The number of methoxy groups -OCH3 is 4. The third kappa shape index (κ3) is 16.1. The number of aryl methyl sites for hydroxylation is 1. The number of fused-ring (bicyclic) bond motifs is 7. The quantitative estimate of drug-likeness (QED) is 0.0603. The molecule has 4 atom stereocenters. The molecule has 19 rings (SSSR count). The minimum absolute atomic E-state index is 0.0909. The highest BCUT2D eigenvalue weighted by Gasteiger charge is 2.53. The van der Waals surface area contributed by atoms with Crippen molar-refractivity contribution in [2.75, 3.05) is 54.6 Å². The number of nitriles is 1. The summed E-state index contributed by atoms with van der Waals surface area (Å²) < 4.78 is 24.2. The van der Waals surface area contributed by atoms with Crippen LogP contribution in [0.2, 0.25) is 0 Å². The highest BCUT2D eigenvalue weighted by atomic mass is 32.1. The number of nitrogens with one attached hydrogen (secondary N) is 11. The molecule has 4 saturated heterocycles. The molecule has 4 aromatic heterocycles. The topological polar surface area (TPSA) is 478 Å². The van der Waals surface area contributed by atoms with E-state index >= 15 is 0 Å². The van der Waals surface area contributed by atoms with Crippen molar-refractivity contribution >= 4 is 125 Å². The van der Waals surface area contributed by atoms with Gasteiger partial charge in [0, 0.05) is 78.2 Å². The molecule has 0 radical (unpaired) electrons. The van der Waals surface area contributed by atoms with Crippen molar-refractivity contribution in [3.05, 3.63) is 239 Å². The molecule has 16 amide bonds. The number of carbonyl (C=O) groups is 12. The molecule has 11 N–H and O–H groups in total. The first-order valence-electron chi connectivity index (χ1n) is 38.2. The molecule has 36 nitrogen and oxygen atoms in total. The monoisotopic (exact) mass is 1730 g/mol. The molecule has 4 fully saturated rings. The van der Waals surface area contributed by atoms with Gasteiger partial charge in [0.1, 0.15) is 29.1 Å². The molecule has 0 bridgehead atoms. The summed E-state index contributed by atoms with van der Waals surface area (Å²) in [6.45, 7) is 0.695. The summed E-state index contributed by atoms with van der Waals surface area (Å²) in [5, 5.41) is 44.1. The van der Waals surface area contributed by atoms with Gasteiger partial charge in [-0.2, -0.15) is 10.4 Å². The average Bonchev–Trinajstić information content (AvgIpc) is 1.62. The third-order valence-corrected chi connectivity index (χ3v) is 23.4. The molecular weight excluding hydrogens is 1660 g/mol. The van der Waals surface area contributed by atoms with E-state index in [2.05, 4.69) is 110 Å². The summed E-state index contributed by atoms with van der Waals surface area (Å²) in [5.41, 5.74) is 3.39. The van der Waals surface area contributed by atoms with Crippen molar-refractivity contribution < 1.29 is 76.5 Å². The van der Waals surface area contributed by atoms with E-state index < -0.39 is 69.9 Å². The van der Waals surface area contributed by atoms with Crippen LogP contribution in [0.1, 0.15) is 91.6 Å². The van der Waals surface area contributed by atoms with E-state index in [0.717, 1.165) is 59.4 Å². The number of hydrogen-bond donors (Lipinski definition) is 11. The number of H-pyrrole nitrogens is 2. The first-order valence-corrected chi connectivity index (χ1v) is 39.8. The van der Waals surface area contributed by atoms with E-state index in [1.165, 1.54) is 65.6 Å². The Hall–Kier alpha value is -16.9. The Balaban J connectivity index is 0.000000124. The summed E-state index contributed by atoms with van der Waals surface area (Å²) in [5.74, 6) is 21.8. The van der Waals surface area contributed by atoms with Gasteiger partial charge in [0.15, 0.2) is 10.5 Å². The molecule has 0 aliphatic carbocycles. The van der Waals surface area contributed by atoms with Crippen molar-refractivity contribution in [1.29, 1.82) is 10.7 Å². The number of thiazole rings is 2. The van der Waals surface area contributed by atoms with Gasteiger partial charge in [-0.1, -0.05) is 106 Å². The number of pyridine rings is 1. The van der Waals surface area contributed by atoms with Gasteiger partial charge < -0.3 is 69.4 Å². The zero-order chi connectivity index (χ0) is 88.7. The van der Waals surface area contributed by atoms with Crippen LogP contribution in [0.5, 0.6) is 23.0 Å². The Bertz CT molecular complexity index is 7080. The number of nitrogens with zero attached hydrogens (tertiary/aromatic N) is 8. The van der Waals surface area contributed by atoms with E-state index in [9.17, 15) is 67.6 Å². The normalized spacial score (nSPS) is 19.4. The fourth-order valence-electron chi connectivity index (χ4n) is 15.1. The second-order valence-electron chi connectivity index (χ2n) is 29.5. The third-order valence-electron chi connectivity index (χ3n) is 21.6. The Kier molecular flexibility index (Phi) is 21.9. The standard InChI is InChI=1S/C23H19N5O4S.C22H17N5O4.C22H16N4O5S.C21H15N5O4/c1-27-17-6-3-13(9-18(17)33-21(27)24)7-8-23(20(30)25-22(31)26-23)12-28-11-14-4-5-15(32-2)10-16(14)19(28)29;1-31-16-6-5-15-11-27(19(28)17(15)9-16)12-22(20(29)24-21(30)25-22)8-7-13-3-2-4-14-10-23-26-18(13)14;1-31-14-4-3-13-10-26(18(27)15(13)9-14)11-22(19(28)24-20(29)25-22)7-6-12-2-5-16-17(8-12)32-21(30)23-16;1-30-15-5-4-14-11-26(18(27)16(14)9-15)12-21(19(28)24-20(29)25-21)7-6-13-3-2-8-23-17(13)10-22/h3-6,9-10,24H,11-12H2,1-2H3,(H2,25,26,30,31);2-6,9-10H,11-12H2,1H3,(H,23,26)(H2,24,25,29,30);2-5,8-9H,10-11H2,1H3,(H,23,30)(H2,24,25,28,29);2-5,8-9H,11-12H2,1H3,(H2,24,25,28,29)/t23-;2*22-;21-/m1111/s1. The minimum atomic E-state index is -1.65. The number of para-hydroxylation sites is 1. The summed E-state index contributed by atoms with van der Waals surface area (Å²) in [6, 6.07) is 39.5. The molecule has 8 aliphatic heterocycles. The molecule has 7 aromatic carbocycles. The van der Waals surface area contributed by atoms with Gasteiger partial charge in [-0.05, 0) is 125 Å². The fourth-order valence-corrected chi connectivity index (χ4v) is 16.8. The van der Waals surface area contributed by atoms with Crippen LogP contribution in [0.25, 0.3) is 31.3 Å². The highest BCUT2D eigenvalue weighted by Crippen LogP contribution is 2.35. The molecular formula is C88H67N19O17S2. The summed E-state index contributed by atoms with van der Waals surface area (Å²) in [4.78, 5) is 175. The predicted octanol–water partition coefficient (Wildman–Crippen LogP) is 4.20. The number of carbonyl (C=O) groups excluding carboxylic acids is 12. The number of amides is 16. The van der Waals surface area contributed by atoms with Crippen LogP contribution in [0.15, 0.2) is 157 Å². The number of urea groups is 4. The number of hydrogen-bond acceptors (Lipinski definition) is 23. The predicted molar refractivity (Wildman–Crippen MR) is 450 cm³/mol. The number of benzene rings is 7. The molecule has 8 aliphatic rings. The Morgan fingerprint density at radius 2 is 0.841 bits per heavy atom. The fraction of sp³-hybridized carbons (Fsp3) is 0.193. The molecule has 126 heavy (non-hydrogen) atoms. The van der Waals surface area contributed by atoms with Crippen molar-refractivity contribution in [3.8, 4) is 76.4 Å². The van der Waals surface area contributed by atoms with Crippen molar-refractivity contribution in [2.45, 2.75) is 48.3 Å². The lowest BCUT2D eigenvalue weighted by atomic mass is 9.98. The first kappa shape index (κ1) is 82.8. The Morgan fingerprint density at radius 1 is 0.452 bits per heavy atom. The lowest BCUT2D eigenvalue weighted by molar-refractivity contribution is -0.123. The number of aromatic nitrogens is 5. The van der Waals surface area contributed by atoms with Gasteiger partial charge in [-0.15, -0.1) is 0 Å². The molecule has 628 valence electrons. The maximum absolute atomic E-state index is 13.0. The molecule has 0 saturated carbocycles. The van der Waals surface area contributed by atoms with Gasteiger partial charge >= 0.3 is 29.0 Å². The maximum Gasteiger partial charge on any atom is 0.323 e. The molecule has 38 heteroatoms. The summed E-state index contributed by atoms with van der Waals surface area (Å²) >= 11 is 2.38. The van der Waals surface area contributed by atoms with Crippen molar-refractivity contribution in [1.82, 2.24) is 86.9 Å². The number of ether oxygens (including phenoxy) is 4. The molecule has 0 unspecified atom stereocenters. The van der Waals surface area contributed by atoms with Gasteiger partial charge in [0.2, 0.25) is 22.2 Å². The van der Waals surface area contributed by atoms with E-state index in [-0.39, 0.29) is 73.5 Å². The minimum Gasteiger partial charge on any atom is -0.497 e. The number of imide groups is 4. The second-order valence-corrected chi connectivity index (χ2v) is 31.6. The Morgan fingerprint density at radius 3 is 1.24 bits per heavy atom. The van der Waals surface area contributed by atoms with Crippen LogP contribution in [-0.2, 0) is 52.4 Å². The smallest absolute Gasteiger partial charge is 0.323 e. The van der Waals surface area contributed by atoms with E-state index in [1.807, 2.05) is 49.5 Å². The number of rotatable bonds is 12. The maximum atomic E-state index is 13.0. The van der Waals surface area contributed by atoms with Gasteiger partial charge in [0.05, 0.1) is 97.9 Å². The summed E-state index contributed by atoms with van der Waals surface area (Å²) in [6.07, 6.45) is 3.13. The number of aromatic amines is 2. The first-order chi connectivity index (χ1) is 60.6. The van der Waals surface area contributed by atoms with Crippen LogP contribution in [0, 0.1) is 64.1 Å². The Labute approximate surface area is 720 Å². The van der Waals surface area contributed by atoms with E-state index in [4.69, 9.17) is 24.4 Å². The van der Waals surface area contributed by atoms with Gasteiger partial charge in [-0.3, -0.25) is 74.9 Å². The SMILES string of the molecule is COc1ccc2c(c1)C(=O)N(C[C@@]1(C#Cc3ccc4[nH]c(=O)sc4c3)NC(=O)NC1=O)C2.COc1ccc2c(c1)C(=O)N(C[C@@]1(C#Cc3ccc4c(c3)sc(=N)n4C)NC(=O)NC1=O)C2.COc1ccc2c(c1)C(=O)N(C[C@@]1(C#Cc3cccc4cn[nH]c34)NC(=O)NC1=O)C2.COc1ccc2c(c1)C(=O)N(C[C@@]1(C#Cc3cccnc3C#N)NC(=O)NC1=O)C2. The van der Waals surface area contributed by atoms with Crippen LogP contribution in [0.3, 0.4) is 0 Å².